The molecule has 2 aliphatic rings. The molecule has 21 heavy (non-hydrogen) atoms. The Morgan fingerprint density at radius 1 is 1.29 bits per heavy atom. The third-order valence-corrected chi connectivity index (χ3v) is 5.33. The molecule has 1 N–H and O–H groups in total. The molecule has 0 bridgehead atoms. The van der Waals surface area contributed by atoms with Crippen LogP contribution in [0.5, 0.6) is 0 Å². The first-order chi connectivity index (χ1) is 10.1. The zero-order valence-corrected chi connectivity index (χ0v) is 13.0. The van der Waals surface area contributed by atoms with Gasteiger partial charge in [0, 0.05) is 18.3 Å². The summed E-state index contributed by atoms with van der Waals surface area (Å²) >= 11 is 0. The van der Waals surface area contributed by atoms with Crippen LogP contribution in [0.4, 0.5) is 5.69 Å². The number of fused-ring (bicyclic) bond motifs is 1. The van der Waals surface area contributed by atoms with E-state index in [9.17, 15) is 9.90 Å². The summed E-state index contributed by atoms with van der Waals surface area (Å²) in [6, 6.07) is 6.33. The lowest BCUT2D eigenvalue weighted by Crippen LogP contribution is -2.46. The first-order valence-corrected chi connectivity index (χ1v) is 8.19. The fraction of sp³-hybridized carbons (Fsp3) is 0.611. The summed E-state index contributed by atoms with van der Waals surface area (Å²) in [5, 5.41) is 9.41. The van der Waals surface area contributed by atoms with Crippen molar-refractivity contribution < 1.29 is 9.90 Å². The minimum atomic E-state index is -0.793. The molecule has 1 saturated carbocycles. The van der Waals surface area contributed by atoms with Crippen LogP contribution in [0.3, 0.4) is 0 Å². The molecule has 0 spiro atoms. The standard InChI is InChI=1S/C18H25NO2/c1-12-8-9-13(2)17(11-12)19-10-4-6-14-15(18(20)21)5-3-7-16(14)19/h3,5,7,12-13,17H,4,6,8-11H2,1-2H3,(H,20,21). The van der Waals surface area contributed by atoms with Gasteiger partial charge in [-0.3, -0.25) is 0 Å². The van der Waals surface area contributed by atoms with E-state index in [0.717, 1.165) is 30.9 Å². The van der Waals surface area contributed by atoms with Gasteiger partial charge in [0.25, 0.3) is 0 Å². The monoisotopic (exact) mass is 287 g/mol. The van der Waals surface area contributed by atoms with Crippen LogP contribution in [0.15, 0.2) is 18.2 Å². The number of carboxylic acid groups (broad SMARTS) is 1. The van der Waals surface area contributed by atoms with Crippen LogP contribution in [-0.4, -0.2) is 23.7 Å². The molecule has 3 nitrogen and oxygen atoms in total. The zero-order valence-electron chi connectivity index (χ0n) is 13.0. The summed E-state index contributed by atoms with van der Waals surface area (Å²) < 4.78 is 0. The molecular formula is C18H25NO2. The van der Waals surface area contributed by atoms with Crippen LogP contribution < -0.4 is 4.90 Å². The lowest BCUT2D eigenvalue weighted by atomic mass is 9.78. The maximum atomic E-state index is 11.5. The highest BCUT2D eigenvalue weighted by atomic mass is 16.4. The van der Waals surface area contributed by atoms with Crippen LogP contribution in [-0.2, 0) is 6.42 Å². The number of anilines is 1. The smallest absolute Gasteiger partial charge is 0.336 e. The summed E-state index contributed by atoms with van der Waals surface area (Å²) in [5.74, 6) is 0.679. The van der Waals surface area contributed by atoms with Gasteiger partial charge < -0.3 is 10.0 Å². The molecule has 3 unspecified atom stereocenters. The predicted octanol–water partition coefficient (Wildman–Crippen LogP) is 3.96. The van der Waals surface area contributed by atoms with Crippen LogP contribution in [0.1, 0.15) is 55.5 Å². The first kappa shape index (κ1) is 14.4. The van der Waals surface area contributed by atoms with E-state index in [4.69, 9.17) is 0 Å². The molecule has 3 heteroatoms. The van der Waals surface area contributed by atoms with Crippen molar-refractivity contribution in [2.75, 3.05) is 11.4 Å². The Hall–Kier alpha value is -1.51. The van der Waals surface area contributed by atoms with Crippen molar-refractivity contribution in [1.29, 1.82) is 0 Å². The summed E-state index contributed by atoms with van der Waals surface area (Å²) in [5.41, 5.74) is 2.71. The van der Waals surface area contributed by atoms with Gasteiger partial charge in [0.2, 0.25) is 0 Å². The van der Waals surface area contributed by atoms with Crippen LogP contribution >= 0.6 is 0 Å². The molecular weight excluding hydrogens is 262 g/mol. The zero-order chi connectivity index (χ0) is 15.0. The van der Waals surface area contributed by atoms with E-state index in [2.05, 4.69) is 24.8 Å². The maximum Gasteiger partial charge on any atom is 0.336 e. The van der Waals surface area contributed by atoms with E-state index in [1.807, 2.05) is 6.07 Å². The fourth-order valence-corrected chi connectivity index (χ4v) is 4.13. The number of rotatable bonds is 2. The Labute approximate surface area is 127 Å². The molecule has 1 aliphatic heterocycles. The lowest BCUT2D eigenvalue weighted by molar-refractivity contribution is 0.0695. The van der Waals surface area contributed by atoms with Crippen LogP contribution in [0.25, 0.3) is 0 Å². The van der Waals surface area contributed by atoms with E-state index in [-0.39, 0.29) is 0 Å². The largest absolute Gasteiger partial charge is 0.478 e. The average molecular weight is 287 g/mol. The summed E-state index contributed by atoms with van der Waals surface area (Å²) in [4.78, 5) is 14.0. The van der Waals surface area contributed by atoms with Crippen LogP contribution in [0.2, 0.25) is 0 Å². The molecule has 1 aromatic rings. The summed E-state index contributed by atoms with van der Waals surface area (Å²) in [7, 11) is 0. The summed E-state index contributed by atoms with van der Waals surface area (Å²) in [6.07, 6.45) is 5.81. The Morgan fingerprint density at radius 3 is 2.86 bits per heavy atom. The lowest BCUT2D eigenvalue weighted by Gasteiger charge is -2.45. The van der Waals surface area contributed by atoms with Gasteiger partial charge in [-0.05, 0) is 55.2 Å². The molecule has 0 amide bonds. The van der Waals surface area contributed by atoms with Gasteiger partial charge >= 0.3 is 5.97 Å². The number of carboxylic acids is 1. The summed E-state index contributed by atoms with van der Waals surface area (Å²) in [6.45, 7) is 5.76. The first-order valence-electron chi connectivity index (χ1n) is 8.19. The molecule has 3 rings (SSSR count). The number of hydrogen-bond acceptors (Lipinski definition) is 2. The minimum absolute atomic E-state index is 0.494. The Bertz CT molecular complexity index is 540. The van der Waals surface area contributed by atoms with Gasteiger partial charge in [-0.2, -0.15) is 0 Å². The highest BCUT2D eigenvalue weighted by Crippen LogP contribution is 2.38. The Kier molecular flexibility index (Phi) is 3.92. The van der Waals surface area contributed by atoms with E-state index in [0.29, 0.717) is 17.5 Å². The third-order valence-electron chi connectivity index (χ3n) is 5.33. The second-order valence-corrected chi connectivity index (χ2v) is 6.87. The fourth-order valence-electron chi connectivity index (χ4n) is 4.13. The predicted molar refractivity (Wildman–Crippen MR) is 85.0 cm³/mol. The van der Waals surface area contributed by atoms with Gasteiger partial charge in [-0.1, -0.05) is 26.3 Å². The normalized spacial score (nSPS) is 29.0. The number of benzene rings is 1. The highest BCUT2D eigenvalue weighted by Gasteiger charge is 2.33. The van der Waals surface area contributed by atoms with Gasteiger partial charge in [-0.25, -0.2) is 4.79 Å². The number of carbonyl (C=O) groups is 1. The highest BCUT2D eigenvalue weighted by molar-refractivity contribution is 5.91. The topological polar surface area (TPSA) is 40.5 Å². The second kappa shape index (κ2) is 5.70. The molecule has 0 saturated heterocycles. The van der Waals surface area contributed by atoms with Gasteiger partial charge in [0.15, 0.2) is 0 Å². The SMILES string of the molecule is CC1CCC(C)C(N2CCCc3c(C(=O)O)cccc32)C1. The van der Waals surface area contributed by atoms with Crippen molar-refractivity contribution >= 4 is 11.7 Å². The molecule has 0 radical (unpaired) electrons. The average Bonchev–Trinajstić information content (AvgIpc) is 2.48. The van der Waals surface area contributed by atoms with Gasteiger partial charge in [-0.15, -0.1) is 0 Å². The van der Waals surface area contributed by atoms with Crippen molar-refractivity contribution in [3.63, 3.8) is 0 Å². The van der Waals surface area contributed by atoms with Crippen molar-refractivity contribution in [2.45, 2.75) is 52.0 Å². The number of hydrogen-bond donors (Lipinski definition) is 1. The molecule has 0 aromatic heterocycles. The maximum absolute atomic E-state index is 11.5. The van der Waals surface area contributed by atoms with Crippen molar-refractivity contribution in [3.8, 4) is 0 Å². The molecule has 3 atom stereocenters. The number of nitrogens with zero attached hydrogens (tertiary/aromatic N) is 1. The third kappa shape index (κ3) is 2.66. The molecule has 1 fully saturated rings. The molecule has 1 aromatic carbocycles. The molecule has 1 heterocycles. The van der Waals surface area contributed by atoms with Crippen LogP contribution in [0, 0.1) is 11.8 Å². The van der Waals surface area contributed by atoms with E-state index in [1.54, 1.807) is 6.07 Å². The van der Waals surface area contributed by atoms with Crippen molar-refractivity contribution in [1.82, 2.24) is 0 Å². The van der Waals surface area contributed by atoms with Crippen molar-refractivity contribution in [3.05, 3.63) is 29.3 Å². The Morgan fingerprint density at radius 2 is 2.10 bits per heavy atom. The minimum Gasteiger partial charge on any atom is -0.478 e. The van der Waals surface area contributed by atoms with E-state index >= 15 is 0 Å². The Balaban J connectivity index is 1.97. The van der Waals surface area contributed by atoms with E-state index < -0.39 is 5.97 Å². The second-order valence-electron chi connectivity index (χ2n) is 6.87. The van der Waals surface area contributed by atoms with Crippen molar-refractivity contribution in [2.24, 2.45) is 11.8 Å². The molecule has 114 valence electrons. The van der Waals surface area contributed by atoms with E-state index in [1.165, 1.54) is 24.9 Å². The van der Waals surface area contributed by atoms with Gasteiger partial charge in [0.05, 0.1) is 5.56 Å². The molecule has 1 aliphatic carbocycles. The quantitative estimate of drug-likeness (QED) is 0.895. The van der Waals surface area contributed by atoms with Gasteiger partial charge in [0.1, 0.15) is 0 Å². The number of aromatic carboxylic acids is 1.